The highest BCUT2D eigenvalue weighted by atomic mass is 32.2. The van der Waals surface area contributed by atoms with Gasteiger partial charge in [0.15, 0.2) is 11.5 Å². The van der Waals surface area contributed by atoms with Gasteiger partial charge in [-0.05, 0) is 43.2 Å². The third-order valence-electron chi connectivity index (χ3n) is 5.81. The van der Waals surface area contributed by atoms with Gasteiger partial charge in [0.1, 0.15) is 18.3 Å². The largest absolute Gasteiger partial charge is 0.497 e. The van der Waals surface area contributed by atoms with Gasteiger partial charge in [-0.25, -0.2) is 8.42 Å². The van der Waals surface area contributed by atoms with Crippen molar-refractivity contribution in [2.24, 2.45) is 0 Å². The molecular weight excluding hydrogens is 486 g/mol. The van der Waals surface area contributed by atoms with Crippen molar-refractivity contribution in [1.82, 2.24) is 10.2 Å². The van der Waals surface area contributed by atoms with Crippen LogP contribution in [-0.4, -0.2) is 64.4 Å². The van der Waals surface area contributed by atoms with Gasteiger partial charge in [0.25, 0.3) is 0 Å². The molecule has 1 heterocycles. The van der Waals surface area contributed by atoms with E-state index in [1.807, 2.05) is 13.0 Å². The summed E-state index contributed by atoms with van der Waals surface area (Å²) in [5.74, 6) is 0.659. The van der Waals surface area contributed by atoms with Crippen LogP contribution in [0, 0.1) is 0 Å². The van der Waals surface area contributed by atoms with Crippen LogP contribution in [0.15, 0.2) is 42.5 Å². The van der Waals surface area contributed by atoms with Gasteiger partial charge in [-0.1, -0.05) is 25.5 Å². The molecule has 0 saturated carbocycles. The minimum Gasteiger partial charge on any atom is -0.497 e. The molecule has 11 heteroatoms. The normalized spacial score (nSPS) is 13.1. The van der Waals surface area contributed by atoms with Crippen LogP contribution in [0.3, 0.4) is 0 Å². The van der Waals surface area contributed by atoms with Crippen LogP contribution in [0.4, 0.5) is 5.69 Å². The summed E-state index contributed by atoms with van der Waals surface area (Å²) in [6, 6.07) is 11.0. The monoisotopic (exact) mass is 519 g/mol. The van der Waals surface area contributed by atoms with Crippen LogP contribution in [0.2, 0.25) is 0 Å². The SMILES string of the molecule is CCCCNC(=O)[C@H](C)N(Cc1cccc(OC)c1)C(=O)CN(c1ccc2c(c1)OCO2)S(C)(=O)=O. The molecule has 0 bridgehead atoms. The lowest BCUT2D eigenvalue weighted by Crippen LogP contribution is -2.51. The zero-order valence-corrected chi connectivity index (χ0v) is 21.8. The number of nitrogens with zero attached hydrogens (tertiary/aromatic N) is 2. The fraction of sp³-hybridized carbons (Fsp3) is 0.440. The van der Waals surface area contributed by atoms with E-state index in [4.69, 9.17) is 14.2 Å². The van der Waals surface area contributed by atoms with Crippen molar-refractivity contribution in [1.29, 1.82) is 0 Å². The Kier molecular flexibility index (Phi) is 9.03. The number of benzene rings is 2. The van der Waals surface area contributed by atoms with Crippen molar-refractivity contribution < 1.29 is 32.2 Å². The van der Waals surface area contributed by atoms with Crippen LogP contribution in [0.25, 0.3) is 0 Å². The second-order valence-corrected chi connectivity index (χ2v) is 10.4. The number of nitrogens with one attached hydrogen (secondary N) is 1. The molecular formula is C25H33N3O7S. The maximum absolute atomic E-state index is 13.6. The van der Waals surface area contributed by atoms with E-state index in [1.165, 1.54) is 11.0 Å². The number of rotatable bonds is 12. The number of amides is 2. The number of unbranched alkanes of at least 4 members (excludes halogenated alkanes) is 1. The first-order valence-electron chi connectivity index (χ1n) is 11.7. The van der Waals surface area contributed by atoms with Gasteiger partial charge in [0, 0.05) is 19.2 Å². The van der Waals surface area contributed by atoms with Gasteiger partial charge in [-0.15, -0.1) is 0 Å². The molecule has 0 aliphatic carbocycles. The Labute approximate surface area is 212 Å². The predicted octanol–water partition coefficient (Wildman–Crippen LogP) is 2.52. The van der Waals surface area contributed by atoms with E-state index in [0.29, 0.717) is 23.8 Å². The van der Waals surface area contributed by atoms with Crippen LogP contribution in [0.5, 0.6) is 17.2 Å². The average molecular weight is 520 g/mol. The molecule has 196 valence electrons. The Morgan fingerprint density at radius 1 is 1.14 bits per heavy atom. The maximum Gasteiger partial charge on any atom is 0.244 e. The number of carbonyl (C=O) groups is 2. The number of methoxy groups -OCH3 is 1. The molecule has 1 N–H and O–H groups in total. The van der Waals surface area contributed by atoms with Crippen LogP contribution in [0.1, 0.15) is 32.3 Å². The molecule has 0 fully saturated rings. The Morgan fingerprint density at radius 3 is 2.58 bits per heavy atom. The summed E-state index contributed by atoms with van der Waals surface area (Å²) in [6.45, 7) is 3.78. The number of sulfonamides is 1. The second-order valence-electron chi connectivity index (χ2n) is 8.50. The summed E-state index contributed by atoms with van der Waals surface area (Å²) < 4.78 is 42.3. The van der Waals surface area contributed by atoms with E-state index in [-0.39, 0.29) is 24.9 Å². The van der Waals surface area contributed by atoms with Crippen LogP contribution in [-0.2, 0) is 26.2 Å². The first-order valence-corrected chi connectivity index (χ1v) is 13.6. The first kappa shape index (κ1) is 27.1. The van der Waals surface area contributed by atoms with E-state index in [1.54, 1.807) is 44.4 Å². The molecule has 0 saturated heterocycles. The number of fused-ring (bicyclic) bond motifs is 1. The third-order valence-corrected chi connectivity index (χ3v) is 6.95. The predicted molar refractivity (Wildman–Crippen MR) is 136 cm³/mol. The topological polar surface area (TPSA) is 114 Å². The summed E-state index contributed by atoms with van der Waals surface area (Å²) in [5.41, 5.74) is 1.00. The van der Waals surface area contributed by atoms with Crippen molar-refractivity contribution in [2.45, 2.75) is 39.3 Å². The molecule has 3 rings (SSSR count). The van der Waals surface area contributed by atoms with E-state index < -0.39 is 28.5 Å². The van der Waals surface area contributed by atoms with Crippen molar-refractivity contribution in [3.63, 3.8) is 0 Å². The highest BCUT2D eigenvalue weighted by Crippen LogP contribution is 2.36. The zero-order chi connectivity index (χ0) is 26.3. The molecule has 36 heavy (non-hydrogen) atoms. The Bertz CT molecular complexity index is 1190. The Morgan fingerprint density at radius 2 is 1.89 bits per heavy atom. The summed E-state index contributed by atoms with van der Waals surface area (Å²) in [5, 5.41) is 2.85. The minimum absolute atomic E-state index is 0.0373. The molecule has 1 aliphatic heterocycles. The highest BCUT2D eigenvalue weighted by Gasteiger charge is 2.30. The number of hydrogen-bond donors (Lipinski definition) is 1. The quantitative estimate of drug-likeness (QED) is 0.429. The second kappa shape index (κ2) is 12.0. The summed E-state index contributed by atoms with van der Waals surface area (Å²) >= 11 is 0. The molecule has 10 nitrogen and oxygen atoms in total. The lowest BCUT2D eigenvalue weighted by Gasteiger charge is -2.31. The molecule has 1 atom stereocenters. The van der Waals surface area contributed by atoms with Gasteiger partial charge in [-0.2, -0.15) is 0 Å². The van der Waals surface area contributed by atoms with E-state index in [9.17, 15) is 18.0 Å². The van der Waals surface area contributed by atoms with Crippen molar-refractivity contribution >= 4 is 27.5 Å². The third kappa shape index (κ3) is 6.81. The van der Waals surface area contributed by atoms with Gasteiger partial charge >= 0.3 is 0 Å². The summed E-state index contributed by atoms with van der Waals surface area (Å²) in [7, 11) is -2.30. The van der Waals surface area contributed by atoms with E-state index in [0.717, 1.165) is 29.0 Å². The molecule has 1 aliphatic rings. The minimum atomic E-state index is -3.84. The number of hydrogen-bond acceptors (Lipinski definition) is 7. The Hall–Kier alpha value is -3.47. The maximum atomic E-state index is 13.6. The van der Waals surface area contributed by atoms with Gasteiger partial charge < -0.3 is 24.4 Å². The lowest BCUT2D eigenvalue weighted by atomic mass is 10.1. The fourth-order valence-electron chi connectivity index (χ4n) is 3.74. The fourth-order valence-corrected chi connectivity index (χ4v) is 4.58. The van der Waals surface area contributed by atoms with Crippen molar-refractivity contribution in [3.8, 4) is 17.2 Å². The zero-order valence-electron chi connectivity index (χ0n) is 21.0. The number of ether oxygens (including phenoxy) is 3. The Balaban J connectivity index is 1.89. The van der Waals surface area contributed by atoms with E-state index in [2.05, 4.69) is 5.32 Å². The van der Waals surface area contributed by atoms with Crippen molar-refractivity contribution in [3.05, 3.63) is 48.0 Å². The molecule has 0 unspecified atom stereocenters. The lowest BCUT2D eigenvalue weighted by molar-refractivity contribution is -0.139. The highest BCUT2D eigenvalue weighted by molar-refractivity contribution is 7.92. The van der Waals surface area contributed by atoms with E-state index >= 15 is 0 Å². The van der Waals surface area contributed by atoms with Crippen molar-refractivity contribution in [2.75, 3.05) is 37.6 Å². The molecule has 0 radical (unpaired) electrons. The van der Waals surface area contributed by atoms with Crippen LogP contribution < -0.4 is 23.8 Å². The molecule has 0 aromatic heterocycles. The average Bonchev–Trinajstić information content (AvgIpc) is 3.32. The summed E-state index contributed by atoms with van der Waals surface area (Å²) in [4.78, 5) is 27.8. The van der Waals surface area contributed by atoms with Gasteiger partial charge in [-0.3, -0.25) is 13.9 Å². The van der Waals surface area contributed by atoms with Gasteiger partial charge in [0.05, 0.1) is 19.1 Å². The molecule has 2 amide bonds. The summed E-state index contributed by atoms with van der Waals surface area (Å²) in [6.07, 6.45) is 2.76. The number of carbonyl (C=O) groups excluding carboxylic acids is 2. The van der Waals surface area contributed by atoms with Crippen LogP contribution >= 0.6 is 0 Å². The smallest absolute Gasteiger partial charge is 0.244 e. The number of anilines is 1. The molecule has 2 aromatic carbocycles. The molecule has 0 spiro atoms. The molecule has 2 aromatic rings. The standard InChI is InChI=1S/C25H33N3O7S/c1-5-6-12-26-25(30)18(2)27(15-19-8-7-9-21(13-19)33-3)24(29)16-28(36(4,31)32)20-10-11-22-23(14-20)35-17-34-22/h7-11,13-14,18H,5-6,12,15-17H2,1-4H3,(H,26,30)/t18-/m0/s1. The first-order chi connectivity index (χ1) is 17.1. The van der Waals surface area contributed by atoms with Gasteiger partial charge in [0.2, 0.25) is 28.6 Å².